The van der Waals surface area contributed by atoms with Gasteiger partial charge in [-0.05, 0) is 27.6 Å². The van der Waals surface area contributed by atoms with Gasteiger partial charge in [0.2, 0.25) is 0 Å². The Morgan fingerprint density at radius 3 is 2.58 bits per heavy atom. The van der Waals surface area contributed by atoms with E-state index in [9.17, 15) is 4.39 Å². The van der Waals surface area contributed by atoms with Gasteiger partial charge in [0.15, 0.2) is 11.6 Å². The minimum absolute atomic E-state index is 0.0948. The number of anilines is 1. The predicted molar refractivity (Wildman–Crippen MR) is 79.9 cm³/mol. The molecular weight excluding hydrogens is 307 g/mol. The Bertz CT molecular complexity index is 555. The van der Waals surface area contributed by atoms with Crippen molar-refractivity contribution in [3.63, 3.8) is 0 Å². The SMILES string of the molecule is CC(C)(CNc1ncc(Br)cc1F)c1ccccc1. The number of nitrogens with zero attached hydrogens (tertiary/aromatic N) is 1. The quantitative estimate of drug-likeness (QED) is 0.903. The highest BCUT2D eigenvalue weighted by Gasteiger charge is 2.20. The molecule has 1 heterocycles. The molecule has 4 heteroatoms. The molecule has 2 rings (SSSR count). The number of nitrogens with one attached hydrogen (secondary N) is 1. The van der Waals surface area contributed by atoms with Crippen molar-refractivity contribution in [2.45, 2.75) is 19.3 Å². The third kappa shape index (κ3) is 3.53. The molecule has 2 aromatic rings. The maximum atomic E-state index is 13.7. The van der Waals surface area contributed by atoms with Gasteiger partial charge in [0.05, 0.1) is 0 Å². The van der Waals surface area contributed by atoms with Crippen LogP contribution in [0.5, 0.6) is 0 Å². The van der Waals surface area contributed by atoms with Crippen molar-refractivity contribution in [2.24, 2.45) is 0 Å². The van der Waals surface area contributed by atoms with Crippen molar-refractivity contribution in [1.82, 2.24) is 4.98 Å². The zero-order valence-electron chi connectivity index (χ0n) is 11.0. The molecule has 100 valence electrons. The topological polar surface area (TPSA) is 24.9 Å². The Labute approximate surface area is 121 Å². The molecule has 0 atom stereocenters. The maximum Gasteiger partial charge on any atom is 0.166 e. The van der Waals surface area contributed by atoms with E-state index in [0.29, 0.717) is 11.0 Å². The summed E-state index contributed by atoms with van der Waals surface area (Å²) in [5.74, 6) is -0.0644. The van der Waals surface area contributed by atoms with E-state index < -0.39 is 0 Å². The number of pyridine rings is 1. The Kier molecular flexibility index (Phi) is 4.20. The minimum atomic E-state index is -0.349. The van der Waals surface area contributed by atoms with Gasteiger partial charge in [-0.2, -0.15) is 0 Å². The van der Waals surface area contributed by atoms with Crippen molar-refractivity contribution in [3.05, 3.63) is 58.4 Å². The van der Waals surface area contributed by atoms with E-state index >= 15 is 0 Å². The molecule has 0 saturated carbocycles. The third-order valence-electron chi connectivity index (χ3n) is 3.06. The second-order valence-electron chi connectivity index (χ2n) is 5.09. The highest BCUT2D eigenvalue weighted by atomic mass is 79.9. The van der Waals surface area contributed by atoms with Crippen molar-refractivity contribution >= 4 is 21.7 Å². The van der Waals surface area contributed by atoms with Crippen LogP contribution in [0.3, 0.4) is 0 Å². The molecule has 0 aliphatic carbocycles. The fourth-order valence-corrected chi connectivity index (χ4v) is 2.14. The number of halogens is 2. The van der Waals surface area contributed by atoms with Gasteiger partial charge in [-0.25, -0.2) is 9.37 Å². The normalized spacial score (nSPS) is 11.4. The van der Waals surface area contributed by atoms with Gasteiger partial charge in [-0.3, -0.25) is 0 Å². The molecule has 0 spiro atoms. The average molecular weight is 323 g/mol. The number of rotatable bonds is 4. The molecule has 0 unspecified atom stereocenters. The average Bonchev–Trinajstić information content (AvgIpc) is 2.39. The Morgan fingerprint density at radius 2 is 1.95 bits per heavy atom. The fraction of sp³-hybridized carbons (Fsp3) is 0.267. The summed E-state index contributed by atoms with van der Waals surface area (Å²) < 4.78 is 14.3. The second kappa shape index (κ2) is 5.70. The summed E-state index contributed by atoms with van der Waals surface area (Å²) >= 11 is 3.19. The zero-order chi connectivity index (χ0) is 13.9. The Morgan fingerprint density at radius 1 is 1.26 bits per heavy atom. The Hall–Kier alpha value is -1.42. The largest absolute Gasteiger partial charge is 0.367 e. The van der Waals surface area contributed by atoms with Gasteiger partial charge in [0.1, 0.15) is 0 Å². The van der Waals surface area contributed by atoms with Crippen molar-refractivity contribution in [3.8, 4) is 0 Å². The number of aromatic nitrogens is 1. The summed E-state index contributed by atoms with van der Waals surface area (Å²) in [5, 5.41) is 3.07. The zero-order valence-corrected chi connectivity index (χ0v) is 12.5. The number of hydrogen-bond donors (Lipinski definition) is 1. The lowest BCUT2D eigenvalue weighted by atomic mass is 9.84. The van der Waals surface area contributed by atoms with E-state index in [2.05, 4.69) is 52.2 Å². The van der Waals surface area contributed by atoms with Gasteiger partial charge in [-0.15, -0.1) is 0 Å². The maximum absolute atomic E-state index is 13.7. The summed E-state index contributed by atoms with van der Waals surface area (Å²) in [6.07, 6.45) is 1.58. The molecule has 0 saturated heterocycles. The van der Waals surface area contributed by atoms with E-state index in [0.717, 1.165) is 0 Å². The van der Waals surface area contributed by atoms with E-state index in [1.165, 1.54) is 11.6 Å². The molecule has 0 aliphatic rings. The van der Waals surface area contributed by atoms with E-state index in [1.54, 1.807) is 6.20 Å². The van der Waals surface area contributed by atoms with Crippen LogP contribution in [-0.2, 0) is 5.41 Å². The molecule has 1 aromatic heterocycles. The molecule has 0 aliphatic heterocycles. The minimum Gasteiger partial charge on any atom is -0.367 e. The molecule has 0 amide bonds. The number of hydrogen-bond acceptors (Lipinski definition) is 2. The summed E-state index contributed by atoms with van der Waals surface area (Å²) in [7, 11) is 0. The van der Waals surface area contributed by atoms with Crippen LogP contribution in [0.25, 0.3) is 0 Å². The molecular formula is C15H16BrFN2. The van der Waals surface area contributed by atoms with Gasteiger partial charge in [0.25, 0.3) is 0 Å². The summed E-state index contributed by atoms with van der Waals surface area (Å²) in [4.78, 5) is 4.04. The van der Waals surface area contributed by atoms with Crippen LogP contribution < -0.4 is 5.32 Å². The summed E-state index contributed by atoms with van der Waals surface area (Å²) in [6, 6.07) is 11.6. The molecule has 1 aromatic carbocycles. The Balaban J connectivity index is 2.09. The lowest BCUT2D eigenvalue weighted by molar-refractivity contribution is 0.550. The predicted octanol–water partition coefficient (Wildman–Crippen LogP) is 4.37. The first-order valence-corrected chi connectivity index (χ1v) is 6.89. The van der Waals surface area contributed by atoms with Gasteiger partial charge >= 0.3 is 0 Å². The van der Waals surface area contributed by atoms with Crippen LogP contribution in [0.1, 0.15) is 19.4 Å². The van der Waals surface area contributed by atoms with Crippen molar-refractivity contribution in [1.29, 1.82) is 0 Å². The highest BCUT2D eigenvalue weighted by molar-refractivity contribution is 9.10. The van der Waals surface area contributed by atoms with Crippen LogP contribution in [0.15, 0.2) is 47.1 Å². The molecule has 0 fully saturated rings. The smallest absolute Gasteiger partial charge is 0.166 e. The molecule has 2 nitrogen and oxygen atoms in total. The molecule has 0 bridgehead atoms. The second-order valence-corrected chi connectivity index (χ2v) is 6.00. The molecule has 1 N–H and O–H groups in total. The standard InChI is InChI=1S/C15H16BrFN2/c1-15(2,11-6-4-3-5-7-11)10-19-14-13(17)8-12(16)9-18-14/h3-9H,10H2,1-2H3,(H,18,19). The summed E-state index contributed by atoms with van der Waals surface area (Å²) in [5.41, 5.74) is 1.11. The van der Waals surface area contributed by atoms with E-state index in [4.69, 9.17) is 0 Å². The van der Waals surface area contributed by atoms with Gasteiger partial charge < -0.3 is 5.32 Å². The molecule has 19 heavy (non-hydrogen) atoms. The van der Waals surface area contributed by atoms with Gasteiger partial charge in [-0.1, -0.05) is 44.2 Å². The van der Waals surface area contributed by atoms with Gasteiger partial charge in [0, 0.05) is 22.6 Å². The first kappa shape index (κ1) is 14.0. The van der Waals surface area contributed by atoms with Crippen LogP contribution in [0.2, 0.25) is 0 Å². The summed E-state index contributed by atoms with van der Waals surface area (Å²) in [6.45, 7) is 4.85. The highest BCUT2D eigenvalue weighted by Crippen LogP contribution is 2.24. The van der Waals surface area contributed by atoms with Crippen LogP contribution in [0.4, 0.5) is 10.2 Å². The van der Waals surface area contributed by atoms with E-state index in [1.807, 2.05) is 18.2 Å². The van der Waals surface area contributed by atoms with Crippen LogP contribution >= 0.6 is 15.9 Å². The lowest BCUT2D eigenvalue weighted by Gasteiger charge is -2.26. The van der Waals surface area contributed by atoms with Crippen LogP contribution in [-0.4, -0.2) is 11.5 Å². The first-order chi connectivity index (χ1) is 8.99. The van der Waals surface area contributed by atoms with E-state index in [-0.39, 0.29) is 17.1 Å². The lowest BCUT2D eigenvalue weighted by Crippen LogP contribution is -2.28. The van der Waals surface area contributed by atoms with Crippen molar-refractivity contribution in [2.75, 3.05) is 11.9 Å². The first-order valence-electron chi connectivity index (χ1n) is 6.09. The molecule has 0 radical (unpaired) electrons. The van der Waals surface area contributed by atoms with Crippen LogP contribution in [0, 0.1) is 5.82 Å². The monoisotopic (exact) mass is 322 g/mol. The fourth-order valence-electron chi connectivity index (χ4n) is 1.84. The third-order valence-corrected chi connectivity index (χ3v) is 3.49. The van der Waals surface area contributed by atoms with Crippen molar-refractivity contribution < 1.29 is 4.39 Å². The number of benzene rings is 1.